The van der Waals surface area contributed by atoms with Crippen molar-refractivity contribution >= 4 is 11.9 Å². The van der Waals surface area contributed by atoms with Gasteiger partial charge in [0.25, 0.3) is 0 Å². The van der Waals surface area contributed by atoms with Crippen LogP contribution in [0.3, 0.4) is 0 Å². The Kier molecular flexibility index (Phi) is 3.20. The second-order valence-electron chi connectivity index (χ2n) is 2.55. The van der Waals surface area contributed by atoms with Crippen LogP contribution in [0.2, 0.25) is 0 Å². The van der Waals surface area contributed by atoms with Gasteiger partial charge in [-0.2, -0.15) is 0 Å². The molecule has 0 aromatic carbocycles. The molecule has 1 aromatic heterocycles. The number of rotatable bonds is 3. The molecule has 0 fully saturated rings. The van der Waals surface area contributed by atoms with Crippen molar-refractivity contribution in [3.05, 3.63) is 30.0 Å². The predicted molar refractivity (Wildman–Crippen MR) is 50.5 cm³/mol. The zero-order valence-electron chi connectivity index (χ0n) is 7.65. The van der Waals surface area contributed by atoms with Crippen molar-refractivity contribution in [1.82, 2.24) is 4.98 Å². The van der Waals surface area contributed by atoms with Crippen molar-refractivity contribution in [1.29, 1.82) is 0 Å². The summed E-state index contributed by atoms with van der Waals surface area (Å²) in [4.78, 5) is 14.7. The Hall–Kier alpha value is -1.64. The van der Waals surface area contributed by atoms with Gasteiger partial charge in [-0.05, 0) is 25.1 Å². The molecule has 0 radical (unpaired) electrons. The smallest absolute Gasteiger partial charge is 0.213 e. The summed E-state index contributed by atoms with van der Waals surface area (Å²) in [5.41, 5.74) is 0.717. The topological polar surface area (TPSA) is 39.2 Å². The molecule has 0 saturated heterocycles. The van der Waals surface area contributed by atoms with Gasteiger partial charge in [0.15, 0.2) is 5.78 Å². The molecular weight excluding hydrogens is 166 g/mol. The summed E-state index contributed by atoms with van der Waals surface area (Å²) < 4.78 is 4.93. The summed E-state index contributed by atoms with van der Waals surface area (Å²) in [6.45, 7) is 1.50. The molecule has 1 aromatic rings. The molecule has 3 heteroatoms. The number of allylic oxidation sites excluding steroid dienone is 1. The fraction of sp³-hybridized carbons (Fsp3) is 0.200. The number of hydrogen-bond donors (Lipinski definition) is 0. The van der Waals surface area contributed by atoms with E-state index in [4.69, 9.17) is 4.74 Å². The molecule has 0 atom stereocenters. The van der Waals surface area contributed by atoms with Crippen molar-refractivity contribution in [2.45, 2.75) is 6.92 Å². The molecule has 0 amide bonds. The van der Waals surface area contributed by atoms with Crippen molar-refractivity contribution in [2.24, 2.45) is 0 Å². The van der Waals surface area contributed by atoms with Crippen molar-refractivity contribution in [2.75, 3.05) is 7.11 Å². The van der Waals surface area contributed by atoms with Gasteiger partial charge < -0.3 is 4.74 Å². The zero-order chi connectivity index (χ0) is 9.68. The lowest BCUT2D eigenvalue weighted by molar-refractivity contribution is -0.112. The van der Waals surface area contributed by atoms with Crippen LogP contribution in [0.4, 0.5) is 0 Å². The summed E-state index contributed by atoms with van der Waals surface area (Å²) in [7, 11) is 1.56. The van der Waals surface area contributed by atoms with Crippen LogP contribution in [0.15, 0.2) is 24.3 Å². The van der Waals surface area contributed by atoms with E-state index in [0.29, 0.717) is 5.88 Å². The van der Waals surface area contributed by atoms with Gasteiger partial charge in [0.1, 0.15) is 0 Å². The number of carbonyl (C=O) groups is 1. The van der Waals surface area contributed by atoms with Crippen LogP contribution in [-0.2, 0) is 4.79 Å². The molecule has 1 rings (SSSR count). The minimum absolute atomic E-state index is 0.00428. The molecule has 0 aliphatic rings. The molecule has 0 saturated carbocycles. The number of ether oxygens (including phenoxy) is 1. The van der Waals surface area contributed by atoms with E-state index in [2.05, 4.69) is 4.98 Å². The quantitative estimate of drug-likeness (QED) is 0.659. The third-order valence-corrected chi connectivity index (χ3v) is 1.44. The number of methoxy groups -OCH3 is 1. The van der Waals surface area contributed by atoms with Gasteiger partial charge in [0.05, 0.1) is 12.8 Å². The van der Waals surface area contributed by atoms with E-state index in [1.54, 1.807) is 19.3 Å². The fourth-order valence-corrected chi connectivity index (χ4v) is 0.840. The average molecular weight is 177 g/mol. The number of nitrogens with zero attached hydrogens (tertiary/aromatic N) is 1. The molecule has 3 nitrogen and oxygen atoms in total. The van der Waals surface area contributed by atoms with Crippen LogP contribution in [0.1, 0.15) is 12.6 Å². The Morgan fingerprint density at radius 1 is 1.54 bits per heavy atom. The Balaban J connectivity index is 2.83. The number of hydrogen-bond acceptors (Lipinski definition) is 3. The summed E-state index contributed by atoms with van der Waals surface area (Å²) in [5, 5.41) is 0. The highest BCUT2D eigenvalue weighted by Crippen LogP contribution is 2.07. The van der Waals surface area contributed by atoms with Crippen LogP contribution >= 0.6 is 0 Å². The normalized spacial score (nSPS) is 10.3. The monoisotopic (exact) mass is 177 g/mol. The molecule has 0 spiro atoms. The van der Waals surface area contributed by atoms with E-state index in [9.17, 15) is 4.79 Å². The van der Waals surface area contributed by atoms with E-state index >= 15 is 0 Å². The number of pyridine rings is 1. The molecule has 0 N–H and O–H groups in total. The third-order valence-electron chi connectivity index (χ3n) is 1.44. The molecule has 0 aliphatic heterocycles. The number of aromatic nitrogens is 1. The summed E-state index contributed by atoms with van der Waals surface area (Å²) in [6, 6.07) is 5.39. The van der Waals surface area contributed by atoms with E-state index in [0.717, 1.165) is 5.69 Å². The van der Waals surface area contributed by atoms with E-state index < -0.39 is 0 Å². The standard InChI is InChI=1S/C10H11NO2/c1-8(12)6-7-9-4-3-5-10(11-9)13-2/h3-7H,1-2H3/b7-6+. The minimum atomic E-state index is 0.00428. The summed E-state index contributed by atoms with van der Waals surface area (Å²) in [5.74, 6) is 0.551. The first-order valence-corrected chi connectivity index (χ1v) is 3.92. The molecule has 0 aliphatic carbocycles. The van der Waals surface area contributed by atoms with E-state index in [-0.39, 0.29) is 5.78 Å². The number of ketones is 1. The minimum Gasteiger partial charge on any atom is -0.481 e. The molecule has 0 bridgehead atoms. The maximum atomic E-state index is 10.6. The highest BCUT2D eigenvalue weighted by molar-refractivity contribution is 5.91. The molecule has 0 unspecified atom stereocenters. The van der Waals surface area contributed by atoms with Crippen LogP contribution in [0, 0.1) is 0 Å². The Morgan fingerprint density at radius 2 is 2.31 bits per heavy atom. The Bertz CT molecular complexity index is 331. The van der Waals surface area contributed by atoms with Crippen LogP contribution < -0.4 is 4.74 Å². The fourth-order valence-electron chi connectivity index (χ4n) is 0.840. The first kappa shape index (κ1) is 9.45. The van der Waals surface area contributed by atoms with Gasteiger partial charge in [-0.15, -0.1) is 0 Å². The molecular formula is C10H11NO2. The van der Waals surface area contributed by atoms with Crippen molar-refractivity contribution in [3.63, 3.8) is 0 Å². The largest absolute Gasteiger partial charge is 0.481 e. The van der Waals surface area contributed by atoms with Crippen LogP contribution in [0.5, 0.6) is 5.88 Å². The van der Waals surface area contributed by atoms with Gasteiger partial charge >= 0.3 is 0 Å². The van der Waals surface area contributed by atoms with E-state index in [1.807, 2.05) is 12.1 Å². The maximum Gasteiger partial charge on any atom is 0.213 e. The Morgan fingerprint density at radius 3 is 2.92 bits per heavy atom. The van der Waals surface area contributed by atoms with Gasteiger partial charge in [-0.1, -0.05) is 6.07 Å². The van der Waals surface area contributed by atoms with Crippen LogP contribution in [-0.4, -0.2) is 17.9 Å². The zero-order valence-corrected chi connectivity index (χ0v) is 7.65. The maximum absolute atomic E-state index is 10.6. The second kappa shape index (κ2) is 4.40. The SMILES string of the molecule is COc1cccc(/C=C/C(C)=O)n1. The van der Waals surface area contributed by atoms with Crippen molar-refractivity contribution < 1.29 is 9.53 Å². The van der Waals surface area contributed by atoms with Gasteiger partial charge in [0, 0.05) is 6.07 Å². The number of carbonyl (C=O) groups excluding carboxylic acids is 1. The van der Waals surface area contributed by atoms with E-state index in [1.165, 1.54) is 13.0 Å². The lowest BCUT2D eigenvalue weighted by Crippen LogP contribution is -1.89. The molecule has 1 heterocycles. The summed E-state index contributed by atoms with van der Waals surface area (Å²) in [6.07, 6.45) is 3.13. The Labute approximate surface area is 77.1 Å². The summed E-state index contributed by atoms with van der Waals surface area (Å²) >= 11 is 0. The predicted octanol–water partition coefficient (Wildman–Crippen LogP) is 1.69. The second-order valence-corrected chi connectivity index (χ2v) is 2.55. The van der Waals surface area contributed by atoms with Crippen molar-refractivity contribution in [3.8, 4) is 5.88 Å². The first-order valence-electron chi connectivity index (χ1n) is 3.92. The molecule has 13 heavy (non-hydrogen) atoms. The van der Waals surface area contributed by atoms with Gasteiger partial charge in [-0.3, -0.25) is 4.79 Å². The third kappa shape index (κ3) is 3.07. The van der Waals surface area contributed by atoms with Gasteiger partial charge in [-0.25, -0.2) is 4.98 Å². The highest BCUT2D eigenvalue weighted by atomic mass is 16.5. The van der Waals surface area contributed by atoms with Gasteiger partial charge in [0.2, 0.25) is 5.88 Å². The lowest BCUT2D eigenvalue weighted by atomic mass is 10.3. The van der Waals surface area contributed by atoms with Crippen LogP contribution in [0.25, 0.3) is 6.08 Å². The lowest BCUT2D eigenvalue weighted by Gasteiger charge is -1.97. The first-order chi connectivity index (χ1) is 6.22. The highest BCUT2D eigenvalue weighted by Gasteiger charge is 1.92. The molecule has 68 valence electrons. The average Bonchev–Trinajstić information content (AvgIpc) is 2.15.